The van der Waals surface area contributed by atoms with Crippen molar-refractivity contribution in [2.75, 3.05) is 0 Å². The molecule has 0 atom stereocenters. The Hall–Kier alpha value is -3.65. The average Bonchev–Trinajstić information content (AvgIpc) is 3.04. The van der Waals surface area contributed by atoms with Crippen LogP contribution in [0.4, 0.5) is 0 Å². The van der Waals surface area contributed by atoms with Crippen molar-refractivity contribution in [2.24, 2.45) is 0 Å². The molecule has 0 fully saturated rings. The van der Waals surface area contributed by atoms with Crippen molar-refractivity contribution in [3.05, 3.63) is 83.0 Å². The summed E-state index contributed by atoms with van der Waals surface area (Å²) in [4.78, 5) is 19.4. The molecule has 4 aromatic rings. The molecule has 0 unspecified atom stereocenters. The maximum Gasteiger partial charge on any atom is 0.275 e. The Balaban J connectivity index is 2.02. The van der Waals surface area contributed by atoms with E-state index in [2.05, 4.69) is 16.0 Å². The van der Waals surface area contributed by atoms with Gasteiger partial charge in [-0.25, -0.2) is 4.98 Å². The first-order valence-electron chi connectivity index (χ1n) is 7.42. The summed E-state index contributed by atoms with van der Waals surface area (Å²) in [6, 6.07) is 19.0. The summed E-state index contributed by atoms with van der Waals surface area (Å²) in [6.45, 7) is 0. The largest absolute Gasteiger partial charge is 0.311 e. The standard InChI is InChI=1S/C19H12N4O/c20-10-13-6-8-14(9-7-13)16-11-23(15-4-2-1-3-5-15)18-17(16)21-12-22-19(18)24/h1-9,11-12H,(H,21,22,24). The number of aromatic nitrogens is 3. The topological polar surface area (TPSA) is 74.5 Å². The van der Waals surface area contributed by atoms with Crippen molar-refractivity contribution in [1.29, 1.82) is 5.26 Å². The molecule has 1 N–H and O–H groups in total. The van der Waals surface area contributed by atoms with Gasteiger partial charge in [0.05, 0.1) is 18.0 Å². The maximum absolute atomic E-state index is 12.4. The lowest BCUT2D eigenvalue weighted by Gasteiger charge is -2.03. The molecular formula is C19H12N4O. The Morgan fingerprint density at radius 3 is 2.50 bits per heavy atom. The lowest BCUT2D eigenvalue weighted by molar-refractivity contribution is 1.08. The third kappa shape index (κ3) is 2.18. The monoisotopic (exact) mass is 312 g/mol. The molecule has 0 saturated heterocycles. The first-order valence-corrected chi connectivity index (χ1v) is 7.42. The number of para-hydroxylation sites is 1. The van der Waals surface area contributed by atoms with E-state index in [9.17, 15) is 4.79 Å². The van der Waals surface area contributed by atoms with Crippen LogP contribution >= 0.6 is 0 Å². The van der Waals surface area contributed by atoms with Crippen LogP contribution in [0.3, 0.4) is 0 Å². The van der Waals surface area contributed by atoms with Crippen LogP contribution in [0.15, 0.2) is 71.9 Å². The zero-order chi connectivity index (χ0) is 16.5. The van der Waals surface area contributed by atoms with Crippen LogP contribution in [0.25, 0.3) is 27.8 Å². The average molecular weight is 312 g/mol. The second-order valence-corrected chi connectivity index (χ2v) is 5.37. The number of nitrogens with one attached hydrogen (secondary N) is 1. The van der Waals surface area contributed by atoms with Crippen molar-refractivity contribution in [3.8, 4) is 22.9 Å². The summed E-state index contributed by atoms with van der Waals surface area (Å²) in [5, 5.41) is 8.95. The number of nitriles is 1. The van der Waals surface area contributed by atoms with Gasteiger partial charge in [0.15, 0.2) is 0 Å². The predicted molar refractivity (Wildman–Crippen MR) is 91.8 cm³/mol. The van der Waals surface area contributed by atoms with Crippen LogP contribution in [0.2, 0.25) is 0 Å². The van der Waals surface area contributed by atoms with Crippen LogP contribution in [0.5, 0.6) is 0 Å². The summed E-state index contributed by atoms with van der Waals surface area (Å²) < 4.78 is 1.84. The number of aromatic amines is 1. The van der Waals surface area contributed by atoms with E-state index in [0.717, 1.165) is 16.8 Å². The highest BCUT2D eigenvalue weighted by molar-refractivity contribution is 5.93. The Bertz CT molecular complexity index is 1120. The minimum absolute atomic E-state index is 0.191. The third-order valence-electron chi connectivity index (χ3n) is 3.94. The Labute approximate surface area is 137 Å². The van der Waals surface area contributed by atoms with Crippen molar-refractivity contribution in [1.82, 2.24) is 14.5 Å². The van der Waals surface area contributed by atoms with Crippen LogP contribution in [0, 0.1) is 11.3 Å². The van der Waals surface area contributed by atoms with Crippen molar-refractivity contribution < 1.29 is 0 Å². The smallest absolute Gasteiger partial charge is 0.275 e. The third-order valence-corrected chi connectivity index (χ3v) is 3.94. The fourth-order valence-electron chi connectivity index (χ4n) is 2.80. The van der Waals surface area contributed by atoms with E-state index < -0.39 is 0 Å². The molecule has 0 bridgehead atoms. The molecule has 24 heavy (non-hydrogen) atoms. The molecule has 0 radical (unpaired) electrons. The van der Waals surface area contributed by atoms with Gasteiger partial charge in [-0.05, 0) is 29.8 Å². The Morgan fingerprint density at radius 1 is 1.04 bits per heavy atom. The molecule has 2 heterocycles. The van der Waals surface area contributed by atoms with Crippen LogP contribution in [0.1, 0.15) is 5.56 Å². The molecular weight excluding hydrogens is 300 g/mol. The number of rotatable bonds is 2. The minimum atomic E-state index is -0.191. The number of benzene rings is 2. The number of H-pyrrole nitrogens is 1. The lowest BCUT2D eigenvalue weighted by atomic mass is 10.1. The molecule has 2 aromatic heterocycles. The highest BCUT2D eigenvalue weighted by Gasteiger charge is 2.15. The SMILES string of the molecule is N#Cc1ccc(-c2cn(-c3ccccc3)c3c(=O)[nH]cnc23)cc1. The van der Waals surface area contributed by atoms with Gasteiger partial charge < -0.3 is 9.55 Å². The van der Waals surface area contributed by atoms with Crippen molar-refractivity contribution in [2.45, 2.75) is 0 Å². The normalized spacial score (nSPS) is 10.6. The quantitative estimate of drug-likeness (QED) is 0.617. The van der Waals surface area contributed by atoms with Gasteiger partial charge in [-0.15, -0.1) is 0 Å². The number of hydrogen-bond donors (Lipinski definition) is 1. The van der Waals surface area contributed by atoms with E-state index in [0.29, 0.717) is 16.6 Å². The van der Waals surface area contributed by atoms with Crippen LogP contribution in [-0.2, 0) is 0 Å². The molecule has 5 heteroatoms. The van der Waals surface area contributed by atoms with E-state index in [1.54, 1.807) is 12.1 Å². The van der Waals surface area contributed by atoms with E-state index in [4.69, 9.17) is 5.26 Å². The number of hydrogen-bond acceptors (Lipinski definition) is 3. The molecule has 0 saturated carbocycles. The van der Waals surface area contributed by atoms with Gasteiger partial charge in [0.25, 0.3) is 5.56 Å². The molecule has 0 spiro atoms. The zero-order valence-corrected chi connectivity index (χ0v) is 12.6. The van der Waals surface area contributed by atoms with Gasteiger partial charge >= 0.3 is 0 Å². The highest BCUT2D eigenvalue weighted by Crippen LogP contribution is 2.29. The minimum Gasteiger partial charge on any atom is -0.311 e. The lowest BCUT2D eigenvalue weighted by Crippen LogP contribution is -2.09. The second-order valence-electron chi connectivity index (χ2n) is 5.37. The fraction of sp³-hybridized carbons (Fsp3) is 0. The maximum atomic E-state index is 12.4. The Kier molecular flexibility index (Phi) is 3.22. The summed E-state index contributed by atoms with van der Waals surface area (Å²) in [7, 11) is 0. The van der Waals surface area contributed by atoms with Crippen LogP contribution in [-0.4, -0.2) is 14.5 Å². The van der Waals surface area contributed by atoms with Gasteiger partial charge in [0, 0.05) is 17.4 Å². The van der Waals surface area contributed by atoms with E-state index in [1.165, 1.54) is 6.33 Å². The van der Waals surface area contributed by atoms with Gasteiger partial charge in [-0.3, -0.25) is 4.79 Å². The molecule has 114 valence electrons. The van der Waals surface area contributed by atoms with E-state index in [1.807, 2.05) is 53.2 Å². The molecule has 5 nitrogen and oxygen atoms in total. The summed E-state index contributed by atoms with van der Waals surface area (Å²) in [5.41, 5.74) is 4.19. The molecule has 0 aliphatic carbocycles. The molecule has 0 amide bonds. The van der Waals surface area contributed by atoms with Crippen molar-refractivity contribution in [3.63, 3.8) is 0 Å². The van der Waals surface area contributed by atoms with E-state index in [-0.39, 0.29) is 5.56 Å². The van der Waals surface area contributed by atoms with E-state index >= 15 is 0 Å². The highest BCUT2D eigenvalue weighted by atomic mass is 16.1. The molecule has 4 rings (SSSR count). The number of fused-ring (bicyclic) bond motifs is 1. The first kappa shape index (κ1) is 14.0. The van der Waals surface area contributed by atoms with Gasteiger partial charge in [0.2, 0.25) is 0 Å². The fourth-order valence-corrected chi connectivity index (χ4v) is 2.80. The first-order chi connectivity index (χ1) is 11.8. The predicted octanol–water partition coefficient (Wildman–Crippen LogP) is 3.25. The van der Waals surface area contributed by atoms with Crippen molar-refractivity contribution >= 4 is 11.0 Å². The van der Waals surface area contributed by atoms with Gasteiger partial charge in [-0.1, -0.05) is 30.3 Å². The molecule has 0 aliphatic rings. The Morgan fingerprint density at radius 2 is 1.79 bits per heavy atom. The summed E-state index contributed by atoms with van der Waals surface area (Å²) in [5.74, 6) is 0. The molecule has 0 aliphatic heterocycles. The summed E-state index contributed by atoms with van der Waals surface area (Å²) in [6.07, 6.45) is 3.32. The molecule has 2 aromatic carbocycles. The number of nitrogens with zero attached hydrogens (tertiary/aromatic N) is 3. The van der Waals surface area contributed by atoms with Gasteiger partial charge in [0.1, 0.15) is 11.0 Å². The zero-order valence-electron chi connectivity index (χ0n) is 12.6. The van der Waals surface area contributed by atoms with Crippen LogP contribution < -0.4 is 5.56 Å². The summed E-state index contributed by atoms with van der Waals surface area (Å²) >= 11 is 0. The van der Waals surface area contributed by atoms with Gasteiger partial charge in [-0.2, -0.15) is 5.26 Å². The second kappa shape index (κ2) is 5.52.